The predicted octanol–water partition coefficient (Wildman–Crippen LogP) is 2.64. The fourth-order valence-corrected chi connectivity index (χ4v) is 3.95. The number of rotatable bonds is 3. The zero-order valence-electron chi connectivity index (χ0n) is 10.3. The van der Waals surface area contributed by atoms with Crippen LogP contribution >= 0.6 is 0 Å². The first-order valence-corrected chi connectivity index (χ1v) is 6.43. The van der Waals surface area contributed by atoms with Crippen LogP contribution < -0.4 is 0 Å². The van der Waals surface area contributed by atoms with Gasteiger partial charge >= 0.3 is 5.97 Å². The van der Waals surface area contributed by atoms with Gasteiger partial charge in [0.25, 0.3) is 0 Å². The average molecular weight is 220 g/mol. The van der Waals surface area contributed by atoms with Gasteiger partial charge < -0.3 is 4.74 Å². The molecule has 4 unspecified atom stereocenters. The van der Waals surface area contributed by atoms with E-state index >= 15 is 0 Å². The SMILES string of the molecule is CC(C)COC(=O)C1CC2C=CC23C1[C@@H]3C. The van der Waals surface area contributed by atoms with Gasteiger partial charge in [-0.15, -0.1) is 0 Å². The molecule has 1 spiro atoms. The van der Waals surface area contributed by atoms with E-state index in [1.54, 1.807) is 0 Å². The van der Waals surface area contributed by atoms with Gasteiger partial charge in [0, 0.05) is 5.41 Å². The summed E-state index contributed by atoms with van der Waals surface area (Å²) in [5, 5.41) is 0. The smallest absolute Gasteiger partial charge is 0.309 e. The molecule has 16 heavy (non-hydrogen) atoms. The van der Waals surface area contributed by atoms with Crippen molar-refractivity contribution in [3.8, 4) is 0 Å². The number of carbonyl (C=O) groups is 1. The highest BCUT2D eigenvalue weighted by atomic mass is 16.5. The quantitative estimate of drug-likeness (QED) is 0.540. The van der Waals surface area contributed by atoms with Crippen LogP contribution in [0.5, 0.6) is 0 Å². The summed E-state index contributed by atoms with van der Waals surface area (Å²) >= 11 is 0. The van der Waals surface area contributed by atoms with E-state index < -0.39 is 0 Å². The molecule has 0 aliphatic heterocycles. The van der Waals surface area contributed by atoms with Crippen LogP contribution in [-0.2, 0) is 9.53 Å². The van der Waals surface area contributed by atoms with Gasteiger partial charge in [-0.2, -0.15) is 0 Å². The van der Waals surface area contributed by atoms with E-state index in [4.69, 9.17) is 4.74 Å². The summed E-state index contributed by atoms with van der Waals surface area (Å²) in [5.41, 5.74) is 0.418. The van der Waals surface area contributed by atoms with E-state index in [-0.39, 0.29) is 11.9 Å². The predicted molar refractivity (Wildman–Crippen MR) is 61.6 cm³/mol. The van der Waals surface area contributed by atoms with E-state index in [1.165, 1.54) is 0 Å². The van der Waals surface area contributed by atoms with Crippen LogP contribution in [-0.4, -0.2) is 12.6 Å². The van der Waals surface area contributed by atoms with Crippen LogP contribution in [0.25, 0.3) is 0 Å². The molecule has 0 aromatic rings. The molecule has 0 aromatic heterocycles. The van der Waals surface area contributed by atoms with Crippen molar-refractivity contribution in [2.75, 3.05) is 6.61 Å². The highest BCUT2D eigenvalue weighted by Gasteiger charge is 2.74. The van der Waals surface area contributed by atoms with Crippen LogP contribution in [0.2, 0.25) is 0 Å². The monoisotopic (exact) mass is 220 g/mol. The second-order valence-corrected chi connectivity index (χ2v) is 6.15. The zero-order chi connectivity index (χ0) is 11.5. The van der Waals surface area contributed by atoms with Crippen molar-refractivity contribution >= 4 is 5.97 Å². The third-order valence-corrected chi connectivity index (χ3v) is 4.86. The Morgan fingerprint density at radius 1 is 1.56 bits per heavy atom. The van der Waals surface area contributed by atoms with E-state index in [1.807, 2.05) is 0 Å². The molecule has 2 heteroatoms. The second-order valence-electron chi connectivity index (χ2n) is 6.15. The fourth-order valence-electron chi connectivity index (χ4n) is 3.95. The molecule has 3 aliphatic carbocycles. The van der Waals surface area contributed by atoms with E-state index in [2.05, 4.69) is 32.9 Å². The molecule has 3 aliphatic rings. The Bertz CT molecular complexity index is 358. The lowest BCUT2D eigenvalue weighted by molar-refractivity contribution is -0.150. The molecule has 0 bridgehead atoms. The number of allylic oxidation sites excluding steroid dienone is 2. The van der Waals surface area contributed by atoms with Crippen molar-refractivity contribution in [2.24, 2.45) is 35.0 Å². The summed E-state index contributed by atoms with van der Waals surface area (Å²) in [7, 11) is 0. The van der Waals surface area contributed by atoms with E-state index in [0.717, 1.165) is 6.42 Å². The molecule has 0 N–H and O–H groups in total. The molecular formula is C14H20O2. The lowest BCUT2D eigenvalue weighted by atomic mass is 9.77. The van der Waals surface area contributed by atoms with Crippen molar-refractivity contribution in [2.45, 2.75) is 27.2 Å². The molecular weight excluding hydrogens is 200 g/mol. The third kappa shape index (κ3) is 1.11. The Morgan fingerprint density at radius 3 is 2.75 bits per heavy atom. The Labute approximate surface area is 97.1 Å². The first kappa shape index (κ1) is 10.4. The first-order chi connectivity index (χ1) is 7.57. The molecule has 2 nitrogen and oxygen atoms in total. The Morgan fingerprint density at radius 2 is 2.31 bits per heavy atom. The number of carbonyl (C=O) groups excluding carboxylic acids is 1. The van der Waals surface area contributed by atoms with E-state index in [0.29, 0.717) is 35.7 Å². The standard InChI is InChI=1S/C14H20O2/c1-8(2)7-16-13(15)11-6-10-4-5-14(10)9(3)12(11)14/h4-5,8-12H,6-7H2,1-3H3/t9-,10?,11?,12?,14?/m0/s1. The molecule has 0 aromatic carbocycles. The molecule has 0 amide bonds. The van der Waals surface area contributed by atoms with Crippen molar-refractivity contribution in [3.63, 3.8) is 0 Å². The molecule has 5 atom stereocenters. The second kappa shape index (κ2) is 3.12. The van der Waals surface area contributed by atoms with Gasteiger partial charge in [0.15, 0.2) is 0 Å². The molecule has 3 rings (SSSR count). The van der Waals surface area contributed by atoms with Crippen molar-refractivity contribution in [3.05, 3.63) is 12.2 Å². The van der Waals surface area contributed by atoms with Crippen molar-refractivity contribution < 1.29 is 9.53 Å². The average Bonchev–Trinajstić information content (AvgIpc) is 2.75. The van der Waals surface area contributed by atoms with Crippen LogP contribution in [0, 0.1) is 35.0 Å². The van der Waals surface area contributed by atoms with Gasteiger partial charge in [0.05, 0.1) is 12.5 Å². The summed E-state index contributed by atoms with van der Waals surface area (Å²) in [4.78, 5) is 12.0. The number of hydrogen-bond acceptors (Lipinski definition) is 2. The molecule has 0 heterocycles. The van der Waals surface area contributed by atoms with Gasteiger partial charge in [-0.05, 0) is 30.1 Å². The Hall–Kier alpha value is -0.790. The minimum Gasteiger partial charge on any atom is -0.465 e. The van der Waals surface area contributed by atoms with Crippen molar-refractivity contribution in [1.82, 2.24) is 0 Å². The third-order valence-electron chi connectivity index (χ3n) is 4.86. The largest absolute Gasteiger partial charge is 0.465 e. The minimum absolute atomic E-state index is 0.0543. The van der Waals surface area contributed by atoms with Crippen LogP contribution in [0.3, 0.4) is 0 Å². The Balaban J connectivity index is 1.64. The highest BCUT2D eigenvalue weighted by molar-refractivity contribution is 5.75. The topological polar surface area (TPSA) is 26.3 Å². The van der Waals surface area contributed by atoms with Crippen LogP contribution in [0.4, 0.5) is 0 Å². The van der Waals surface area contributed by atoms with Crippen LogP contribution in [0.15, 0.2) is 12.2 Å². The van der Waals surface area contributed by atoms with Gasteiger partial charge in [0.1, 0.15) is 0 Å². The fraction of sp³-hybridized carbons (Fsp3) is 0.786. The summed E-state index contributed by atoms with van der Waals surface area (Å²) in [6, 6.07) is 0. The first-order valence-electron chi connectivity index (χ1n) is 6.43. The maximum Gasteiger partial charge on any atom is 0.309 e. The number of ether oxygens (including phenoxy) is 1. The molecule has 2 fully saturated rings. The normalized spacial score (nSPS) is 47.2. The van der Waals surface area contributed by atoms with Crippen LogP contribution in [0.1, 0.15) is 27.2 Å². The van der Waals surface area contributed by atoms with E-state index in [9.17, 15) is 4.79 Å². The Kier molecular flexibility index (Phi) is 2.02. The summed E-state index contributed by atoms with van der Waals surface area (Å²) in [5.74, 6) is 2.62. The minimum atomic E-state index is 0.0543. The summed E-state index contributed by atoms with van der Waals surface area (Å²) < 4.78 is 5.39. The highest BCUT2D eigenvalue weighted by Crippen LogP contribution is 2.77. The summed E-state index contributed by atoms with van der Waals surface area (Å²) in [6.07, 6.45) is 5.65. The van der Waals surface area contributed by atoms with Gasteiger partial charge in [-0.25, -0.2) is 0 Å². The molecule has 0 saturated heterocycles. The number of esters is 1. The molecule has 2 saturated carbocycles. The number of hydrogen-bond donors (Lipinski definition) is 0. The van der Waals surface area contributed by atoms with Gasteiger partial charge in [-0.1, -0.05) is 32.9 Å². The summed E-state index contributed by atoms with van der Waals surface area (Å²) in [6.45, 7) is 7.01. The molecule has 88 valence electrons. The maximum atomic E-state index is 12.0. The van der Waals surface area contributed by atoms with Gasteiger partial charge in [-0.3, -0.25) is 4.79 Å². The molecule has 0 radical (unpaired) electrons. The maximum absolute atomic E-state index is 12.0. The van der Waals surface area contributed by atoms with Gasteiger partial charge in [0.2, 0.25) is 0 Å². The lowest BCUT2D eigenvalue weighted by Crippen LogP contribution is -2.23. The lowest BCUT2D eigenvalue weighted by Gasteiger charge is -2.27. The zero-order valence-corrected chi connectivity index (χ0v) is 10.3. The van der Waals surface area contributed by atoms with Crippen molar-refractivity contribution in [1.29, 1.82) is 0 Å².